The summed E-state index contributed by atoms with van der Waals surface area (Å²) >= 11 is 0. The van der Waals surface area contributed by atoms with Crippen LogP contribution in [0.3, 0.4) is 0 Å². The van der Waals surface area contributed by atoms with E-state index in [1.807, 2.05) is 76.2 Å². The Hall–Kier alpha value is -4.72. The molecule has 5 aliphatic rings. The van der Waals surface area contributed by atoms with E-state index in [2.05, 4.69) is 0 Å². The molecule has 4 saturated heterocycles. The molecular formula is C68H96O24. The van der Waals surface area contributed by atoms with E-state index in [9.17, 15) is 81.7 Å². The fraction of sp³-hybridized carbons (Fsp3) is 0.647. The van der Waals surface area contributed by atoms with E-state index in [1.54, 1.807) is 0 Å². The summed E-state index contributed by atoms with van der Waals surface area (Å²) in [6.45, 7) is 9.15. The zero-order chi connectivity index (χ0) is 66.2. The molecule has 0 saturated carbocycles. The Bertz CT molecular complexity index is 2550. The van der Waals surface area contributed by atoms with E-state index in [-0.39, 0.29) is 77.0 Å². The number of benzene rings is 4. The second-order valence-corrected chi connectivity index (χ2v) is 25.4. The van der Waals surface area contributed by atoms with Gasteiger partial charge in [0.05, 0.1) is 50.8 Å². The van der Waals surface area contributed by atoms with Crippen molar-refractivity contribution in [3.63, 3.8) is 0 Å². The van der Waals surface area contributed by atoms with Gasteiger partial charge in [0.1, 0.15) is 96.2 Å². The molecule has 8 bridgehead atoms. The lowest BCUT2D eigenvalue weighted by Gasteiger charge is -2.38. The molecule has 92 heavy (non-hydrogen) atoms. The van der Waals surface area contributed by atoms with Crippen molar-refractivity contribution in [2.24, 2.45) is 0 Å². The summed E-state index contributed by atoms with van der Waals surface area (Å²) in [5.41, 5.74) is 8.76. The predicted octanol–water partition coefficient (Wildman–Crippen LogP) is 0.448. The molecule has 4 fully saturated rings. The van der Waals surface area contributed by atoms with Gasteiger partial charge >= 0.3 is 0 Å². The third kappa shape index (κ3) is 16.6. The molecule has 4 aliphatic heterocycles. The number of aliphatic hydroxyl groups excluding tert-OH is 16. The Kier molecular flexibility index (Phi) is 25.2. The Morgan fingerprint density at radius 2 is 0.446 bits per heavy atom. The first-order valence-electron chi connectivity index (χ1n) is 32.6. The maximum Gasteiger partial charge on any atom is 0.183 e. The average Bonchev–Trinajstić information content (AvgIpc) is 0.791. The largest absolute Gasteiger partial charge is 0.493 e. The maximum absolute atomic E-state index is 11.2. The third-order valence-corrected chi connectivity index (χ3v) is 18.2. The number of aryl methyl sites for hydroxylation is 4. The number of fused-ring (bicyclic) bond motifs is 8. The van der Waals surface area contributed by atoms with E-state index in [0.717, 1.165) is 66.8 Å². The highest BCUT2D eigenvalue weighted by molar-refractivity contribution is 5.59. The van der Waals surface area contributed by atoms with Gasteiger partial charge in [-0.3, -0.25) is 0 Å². The molecule has 16 N–H and O–H groups in total. The molecule has 24 nitrogen and oxygen atoms in total. The summed E-state index contributed by atoms with van der Waals surface area (Å²) in [5, 5.41) is 172. The van der Waals surface area contributed by atoms with Crippen molar-refractivity contribution >= 4 is 0 Å². The molecule has 20 atom stereocenters. The van der Waals surface area contributed by atoms with Gasteiger partial charge in [-0.1, -0.05) is 76.2 Å². The standard InChI is InChI=1S/C68H96O24/c1-5-17-85-61-37-21-33(9-13-45-49(69)53(73)57(77)65(81)89-45)22-38(61)30-40-24-35(11-15-47-51(71)55(75)59(79)67(83)91-47)26-42(63(40)87-19-7-3)32-44-28-36(12-16-48-52(72)56(76)60(80)68(84)92-48)27-43(64(44)88-20-8-4)31-41-25-34(23-39(29-37)62(41)86-18-6-2)10-14-46-50(70)54(74)58(78)66(82)90-46/h21-28,45-60,65-84H,5-20,29-32H2,1-4H3. The summed E-state index contributed by atoms with van der Waals surface area (Å²) in [7, 11) is 0. The fourth-order valence-corrected chi connectivity index (χ4v) is 13.2. The van der Waals surface area contributed by atoms with Crippen LogP contribution in [0.1, 0.15) is 146 Å². The molecule has 0 spiro atoms. The minimum Gasteiger partial charge on any atom is -0.493 e. The first-order valence-corrected chi connectivity index (χ1v) is 32.6. The van der Waals surface area contributed by atoms with E-state index in [1.165, 1.54) is 0 Å². The van der Waals surface area contributed by atoms with E-state index in [0.29, 0.717) is 75.1 Å². The highest BCUT2D eigenvalue weighted by Gasteiger charge is 2.46. The SMILES string of the molecule is CCCOc1c2cc(CCC3OC(O)C(O)C(O)C3O)cc1Cc1cc(CCC3OC(O)C(O)C(O)C3O)cc(c1OCCC)Cc1cc(CCC3OC(O)C(O)C(O)C3O)cc(c1OCCC)Cc1cc(CCC3OC(O)C(O)C(O)C3O)cc(c1OCCC)C2. The lowest BCUT2D eigenvalue weighted by molar-refractivity contribution is -0.282. The Balaban J connectivity index is 1.28. The minimum absolute atomic E-state index is 0.0967. The van der Waals surface area contributed by atoms with Crippen LogP contribution >= 0.6 is 0 Å². The second-order valence-electron chi connectivity index (χ2n) is 25.4. The van der Waals surface area contributed by atoms with Crippen LogP contribution < -0.4 is 18.9 Å². The number of hydrogen-bond donors (Lipinski definition) is 16. The molecule has 1 aliphatic carbocycles. The van der Waals surface area contributed by atoms with Crippen molar-refractivity contribution in [1.29, 1.82) is 0 Å². The normalized spacial score (nSPS) is 32.5. The smallest absolute Gasteiger partial charge is 0.183 e. The topological polar surface area (TPSA) is 398 Å². The maximum atomic E-state index is 11.2. The highest BCUT2D eigenvalue weighted by Crippen LogP contribution is 2.43. The molecule has 0 aromatic heterocycles. The molecule has 20 unspecified atom stereocenters. The zero-order valence-corrected chi connectivity index (χ0v) is 52.7. The van der Waals surface area contributed by atoms with Crippen LogP contribution in [0, 0.1) is 0 Å². The molecule has 4 aromatic carbocycles. The predicted molar refractivity (Wildman–Crippen MR) is 329 cm³/mol. The van der Waals surface area contributed by atoms with Crippen LogP contribution in [0.4, 0.5) is 0 Å². The van der Waals surface area contributed by atoms with Gasteiger partial charge in [0.25, 0.3) is 0 Å². The first kappa shape index (κ1) is 71.6. The summed E-state index contributed by atoms with van der Waals surface area (Å²) < 4.78 is 50.3. The van der Waals surface area contributed by atoms with Gasteiger partial charge in [-0.05, 0) is 144 Å². The van der Waals surface area contributed by atoms with Crippen molar-refractivity contribution in [2.75, 3.05) is 26.4 Å². The molecule has 9 rings (SSSR count). The number of hydrogen-bond acceptors (Lipinski definition) is 24. The van der Waals surface area contributed by atoms with Crippen LogP contribution in [0.5, 0.6) is 23.0 Å². The highest BCUT2D eigenvalue weighted by atomic mass is 16.7. The quantitative estimate of drug-likeness (QED) is 0.0399. The summed E-state index contributed by atoms with van der Waals surface area (Å²) in [6, 6.07) is 16.0. The van der Waals surface area contributed by atoms with Crippen LogP contribution in [-0.4, -0.2) is 231 Å². The zero-order valence-electron chi connectivity index (χ0n) is 52.7. The van der Waals surface area contributed by atoms with Gasteiger partial charge in [-0.2, -0.15) is 0 Å². The van der Waals surface area contributed by atoms with Crippen LogP contribution in [-0.2, 0) is 70.3 Å². The average molecular weight is 1300 g/mol. The van der Waals surface area contributed by atoms with Gasteiger partial charge in [0.15, 0.2) is 25.2 Å². The summed E-state index contributed by atoms with van der Waals surface area (Å²) in [6.07, 6.45) is -26.7. The lowest BCUT2D eigenvalue weighted by Crippen LogP contribution is -2.57. The van der Waals surface area contributed by atoms with Gasteiger partial charge in [-0.25, -0.2) is 0 Å². The summed E-state index contributed by atoms with van der Waals surface area (Å²) in [4.78, 5) is 0. The van der Waals surface area contributed by atoms with E-state index in [4.69, 9.17) is 37.9 Å². The minimum atomic E-state index is -1.76. The second kappa shape index (κ2) is 32.3. The molecular weight excluding hydrogens is 1200 g/mol. The molecule has 0 radical (unpaired) electrons. The molecule has 0 amide bonds. The van der Waals surface area contributed by atoms with E-state index >= 15 is 0 Å². The van der Waals surface area contributed by atoms with Crippen LogP contribution in [0.15, 0.2) is 48.5 Å². The molecule has 24 heteroatoms. The fourth-order valence-electron chi connectivity index (χ4n) is 13.2. The Morgan fingerprint density at radius 3 is 0.609 bits per heavy atom. The van der Waals surface area contributed by atoms with Crippen molar-refractivity contribution in [3.8, 4) is 23.0 Å². The molecule has 4 heterocycles. The van der Waals surface area contributed by atoms with Gasteiger partial charge in [0, 0.05) is 25.7 Å². The summed E-state index contributed by atoms with van der Waals surface area (Å²) in [5.74, 6) is 2.22. The monoisotopic (exact) mass is 1300 g/mol. The first-order chi connectivity index (χ1) is 44.0. The lowest BCUT2D eigenvalue weighted by atomic mass is 9.86. The number of aliphatic hydroxyl groups is 16. The van der Waals surface area contributed by atoms with Crippen molar-refractivity contribution < 1.29 is 120 Å². The third-order valence-electron chi connectivity index (χ3n) is 18.2. The van der Waals surface area contributed by atoms with Crippen molar-refractivity contribution in [1.82, 2.24) is 0 Å². The number of rotatable bonds is 24. The van der Waals surface area contributed by atoms with Crippen LogP contribution in [0.25, 0.3) is 0 Å². The molecule has 4 aromatic rings. The van der Waals surface area contributed by atoms with E-state index < -0.39 is 123 Å². The van der Waals surface area contributed by atoms with Crippen molar-refractivity contribution in [2.45, 2.75) is 253 Å². The van der Waals surface area contributed by atoms with Gasteiger partial charge in [0.2, 0.25) is 0 Å². The Labute approximate surface area is 535 Å². The van der Waals surface area contributed by atoms with Gasteiger partial charge in [-0.15, -0.1) is 0 Å². The molecule has 512 valence electrons. The van der Waals surface area contributed by atoms with Gasteiger partial charge < -0.3 is 120 Å². The van der Waals surface area contributed by atoms with Crippen LogP contribution in [0.2, 0.25) is 0 Å². The number of ether oxygens (including phenoxy) is 8. The van der Waals surface area contributed by atoms with Crippen molar-refractivity contribution in [3.05, 3.63) is 115 Å². The Morgan fingerprint density at radius 1 is 0.272 bits per heavy atom.